The van der Waals surface area contributed by atoms with E-state index in [0.717, 1.165) is 63.7 Å². The van der Waals surface area contributed by atoms with Crippen LogP contribution in [0.15, 0.2) is 0 Å². The lowest BCUT2D eigenvalue weighted by Gasteiger charge is -2.18. The largest absolute Gasteiger partial charge is 0.462 e. The average Bonchev–Trinajstić information content (AvgIpc) is 3.14. The van der Waals surface area contributed by atoms with Crippen LogP contribution >= 0.6 is 0 Å². The fraction of sp³-hybridized carbons (Fsp3) is 0.936. The first kappa shape index (κ1) is 51.4. The molecule has 0 saturated carbocycles. The maximum absolute atomic E-state index is 12.6. The fourth-order valence-electron chi connectivity index (χ4n) is 6.98. The Balaban J connectivity index is 4.17. The molecule has 0 rings (SSSR count). The summed E-state index contributed by atoms with van der Waals surface area (Å²) in [5.74, 6) is -0.0847. The van der Waals surface area contributed by atoms with Gasteiger partial charge in [0.25, 0.3) is 0 Å². The van der Waals surface area contributed by atoms with Crippen LogP contribution < -0.4 is 0 Å². The molecule has 0 spiro atoms. The molecular formula is C47H90O6. The standard InChI is InChI=1S/C47H90O6/c1-5-7-9-11-13-14-15-16-17-18-19-20-21-22-23-27-31-35-39-46(49)52-42-44(41-51-45(48)38-34-30-25-12-10-8-6-2)53-47(50)40-36-32-28-24-26-29-33-37-43(3)4/h43-44H,5-42H2,1-4H3/t44-/m1/s1. The summed E-state index contributed by atoms with van der Waals surface area (Å²) >= 11 is 0. The monoisotopic (exact) mass is 751 g/mol. The molecule has 314 valence electrons. The van der Waals surface area contributed by atoms with Crippen molar-refractivity contribution in [3.05, 3.63) is 0 Å². The third-order valence-corrected chi connectivity index (χ3v) is 10.5. The summed E-state index contributed by atoms with van der Waals surface area (Å²) in [4.78, 5) is 37.6. The highest BCUT2D eigenvalue weighted by atomic mass is 16.6. The van der Waals surface area contributed by atoms with Crippen LogP contribution in [-0.2, 0) is 28.6 Å². The van der Waals surface area contributed by atoms with E-state index in [1.54, 1.807) is 0 Å². The Hall–Kier alpha value is -1.59. The van der Waals surface area contributed by atoms with Crippen LogP contribution in [-0.4, -0.2) is 37.2 Å². The molecular weight excluding hydrogens is 661 g/mol. The van der Waals surface area contributed by atoms with E-state index in [4.69, 9.17) is 14.2 Å². The molecule has 0 saturated heterocycles. The molecule has 6 heteroatoms. The normalized spacial score (nSPS) is 11.9. The number of carbonyl (C=O) groups excluding carboxylic acids is 3. The van der Waals surface area contributed by atoms with Gasteiger partial charge in [0, 0.05) is 19.3 Å². The Morgan fingerprint density at radius 1 is 0.358 bits per heavy atom. The molecule has 0 aromatic heterocycles. The van der Waals surface area contributed by atoms with Crippen LogP contribution in [0.4, 0.5) is 0 Å². The van der Waals surface area contributed by atoms with Gasteiger partial charge in [0.2, 0.25) is 0 Å². The summed E-state index contributed by atoms with van der Waals surface area (Å²) in [6.45, 7) is 8.91. The molecule has 0 N–H and O–H groups in total. The first-order valence-corrected chi connectivity index (χ1v) is 23.4. The van der Waals surface area contributed by atoms with Gasteiger partial charge in [-0.2, -0.15) is 0 Å². The minimum atomic E-state index is -0.759. The second-order valence-electron chi connectivity index (χ2n) is 16.5. The van der Waals surface area contributed by atoms with Gasteiger partial charge >= 0.3 is 17.9 Å². The highest BCUT2D eigenvalue weighted by Crippen LogP contribution is 2.16. The van der Waals surface area contributed by atoms with Gasteiger partial charge < -0.3 is 14.2 Å². The summed E-state index contributed by atoms with van der Waals surface area (Å²) in [5.41, 5.74) is 0. The SMILES string of the molecule is CCCCCCCCCCCCCCCCCCCCC(=O)OC[C@@H](COC(=O)CCCCCCCCC)OC(=O)CCCCCCCCCC(C)C. The van der Waals surface area contributed by atoms with Crippen molar-refractivity contribution in [1.29, 1.82) is 0 Å². The van der Waals surface area contributed by atoms with Crippen LogP contribution in [0.3, 0.4) is 0 Å². The van der Waals surface area contributed by atoms with Gasteiger partial charge in [-0.15, -0.1) is 0 Å². The Morgan fingerprint density at radius 2 is 0.623 bits per heavy atom. The van der Waals surface area contributed by atoms with E-state index in [-0.39, 0.29) is 31.1 Å². The summed E-state index contributed by atoms with van der Waals surface area (Å²) in [6.07, 6.45) is 41.1. The van der Waals surface area contributed by atoms with E-state index >= 15 is 0 Å². The van der Waals surface area contributed by atoms with Crippen molar-refractivity contribution in [2.24, 2.45) is 5.92 Å². The van der Waals surface area contributed by atoms with Crippen LogP contribution in [0.5, 0.6) is 0 Å². The number of ether oxygens (including phenoxy) is 3. The highest BCUT2D eigenvalue weighted by Gasteiger charge is 2.19. The summed E-state index contributed by atoms with van der Waals surface area (Å²) in [7, 11) is 0. The fourth-order valence-corrected chi connectivity index (χ4v) is 6.98. The maximum Gasteiger partial charge on any atom is 0.306 e. The van der Waals surface area contributed by atoms with Gasteiger partial charge in [-0.05, 0) is 25.2 Å². The van der Waals surface area contributed by atoms with E-state index in [1.807, 2.05) is 0 Å². The molecule has 0 aliphatic rings. The van der Waals surface area contributed by atoms with E-state index in [0.29, 0.717) is 19.3 Å². The smallest absolute Gasteiger partial charge is 0.306 e. The molecule has 0 aliphatic heterocycles. The molecule has 0 radical (unpaired) electrons. The van der Waals surface area contributed by atoms with Crippen LogP contribution in [0, 0.1) is 5.92 Å². The number of carbonyl (C=O) groups is 3. The minimum absolute atomic E-state index is 0.0648. The van der Waals surface area contributed by atoms with E-state index in [2.05, 4.69) is 27.7 Å². The molecule has 0 bridgehead atoms. The lowest BCUT2D eigenvalue weighted by atomic mass is 10.0. The molecule has 0 fully saturated rings. The van der Waals surface area contributed by atoms with E-state index in [1.165, 1.54) is 154 Å². The quantitative estimate of drug-likeness (QED) is 0.0351. The third-order valence-electron chi connectivity index (χ3n) is 10.5. The first-order valence-electron chi connectivity index (χ1n) is 23.4. The van der Waals surface area contributed by atoms with Crippen molar-refractivity contribution in [1.82, 2.24) is 0 Å². The lowest BCUT2D eigenvalue weighted by Crippen LogP contribution is -2.30. The Kier molecular flexibility index (Phi) is 40.3. The zero-order chi connectivity index (χ0) is 38.9. The van der Waals surface area contributed by atoms with Crippen molar-refractivity contribution in [3.63, 3.8) is 0 Å². The minimum Gasteiger partial charge on any atom is -0.462 e. The highest BCUT2D eigenvalue weighted by molar-refractivity contribution is 5.71. The third kappa shape index (κ3) is 41.4. The number of rotatable bonds is 42. The van der Waals surface area contributed by atoms with Crippen molar-refractivity contribution in [2.45, 2.75) is 265 Å². The number of hydrogen-bond acceptors (Lipinski definition) is 6. The van der Waals surface area contributed by atoms with Crippen LogP contribution in [0.25, 0.3) is 0 Å². The molecule has 53 heavy (non-hydrogen) atoms. The molecule has 6 nitrogen and oxygen atoms in total. The van der Waals surface area contributed by atoms with Gasteiger partial charge in [0.05, 0.1) is 0 Å². The van der Waals surface area contributed by atoms with Gasteiger partial charge in [-0.1, -0.05) is 220 Å². The average molecular weight is 751 g/mol. The zero-order valence-electron chi connectivity index (χ0n) is 36.0. The predicted molar refractivity (Wildman–Crippen MR) is 224 cm³/mol. The van der Waals surface area contributed by atoms with Crippen molar-refractivity contribution < 1.29 is 28.6 Å². The van der Waals surface area contributed by atoms with Gasteiger partial charge in [0.1, 0.15) is 13.2 Å². The second kappa shape index (κ2) is 41.6. The number of hydrogen-bond donors (Lipinski definition) is 0. The molecule has 0 aliphatic carbocycles. The summed E-state index contributed by atoms with van der Waals surface area (Å²) in [5, 5.41) is 0. The first-order chi connectivity index (χ1) is 25.9. The van der Waals surface area contributed by atoms with Gasteiger partial charge in [-0.3, -0.25) is 14.4 Å². The molecule has 1 atom stereocenters. The topological polar surface area (TPSA) is 78.9 Å². The summed E-state index contributed by atoms with van der Waals surface area (Å²) < 4.78 is 16.7. The molecule has 0 unspecified atom stereocenters. The predicted octanol–water partition coefficient (Wildman–Crippen LogP) is 14.7. The zero-order valence-corrected chi connectivity index (χ0v) is 36.0. The molecule has 0 amide bonds. The van der Waals surface area contributed by atoms with Gasteiger partial charge in [-0.25, -0.2) is 0 Å². The Morgan fingerprint density at radius 3 is 0.925 bits per heavy atom. The Bertz CT molecular complexity index is 796. The van der Waals surface area contributed by atoms with Crippen molar-refractivity contribution in [2.75, 3.05) is 13.2 Å². The molecule has 0 aromatic rings. The second-order valence-corrected chi connectivity index (χ2v) is 16.5. The van der Waals surface area contributed by atoms with Crippen LogP contribution in [0.1, 0.15) is 259 Å². The summed E-state index contributed by atoms with van der Waals surface area (Å²) in [6, 6.07) is 0. The number of unbranched alkanes of at least 4 members (excludes halogenated alkanes) is 29. The Labute approximate surface area is 329 Å². The molecule has 0 heterocycles. The van der Waals surface area contributed by atoms with Crippen molar-refractivity contribution >= 4 is 17.9 Å². The number of esters is 3. The van der Waals surface area contributed by atoms with E-state index < -0.39 is 6.10 Å². The maximum atomic E-state index is 12.6. The van der Waals surface area contributed by atoms with Crippen LogP contribution in [0.2, 0.25) is 0 Å². The molecule has 0 aromatic carbocycles. The van der Waals surface area contributed by atoms with E-state index in [9.17, 15) is 14.4 Å². The lowest BCUT2D eigenvalue weighted by molar-refractivity contribution is -0.167. The van der Waals surface area contributed by atoms with Gasteiger partial charge in [0.15, 0.2) is 6.10 Å². The van der Waals surface area contributed by atoms with Crippen molar-refractivity contribution in [3.8, 4) is 0 Å².